The molecule has 24 heavy (non-hydrogen) atoms. The minimum absolute atomic E-state index is 0.0624. The van der Waals surface area contributed by atoms with Crippen molar-refractivity contribution in [3.8, 4) is 0 Å². The van der Waals surface area contributed by atoms with Gasteiger partial charge in [0.2, 0.25) is 5.91 Å². The van der Waals surface area contributed by atoms with Crippen LogP contribution in [0.25, 0.3) is 0 Å². The number of benzene rings is 1. The Morgan fingerprint density at radius 2 is 1.96 bits per heavy atom. The van der Waals surface area contributed by atoms with Crippen molar-refractivity contribution in [1.29, 1.82) is 0 Å². The lowest BCUT2D eigenvalue weighted by Gasteiger charge is -2.27. The van der Waals surface area contributed by atoms with Crippen molar-refractivity contribution in [2.45, 2.75) is 24.4 Å². The van der Waals surface area contributed by atoms with E-state index in [1.54, 1.807) is 11.6 Å². The van der Waals surface area contributed by atoms with Crippen LogP contribution >= 0.6 is 11.8 Å². The van der Waals surface area contributed by atoms with Gasteiger partial charge in [0.25, 0.3) is 5.56 Å². The van der Waals surface area contributed by atoms with Crippen LogP contribution in [0.5, 0.6) is 0 Å². The van der Waals surface area contributed by atoms with Gasteiger partial charge in [-0.2, -0.15) is 4.98 Å². The normalized spacial score (nSPS) is 16.7. The summed E-state index contributed by atoms with van der Waals surface area (Å²) in [5.41, 5.74) is 0.00895. The first-order valence-corrected chi connectivity index (χ1v) is 8.38. The first-order valence-electron chi connectivity index (χ1n) is 7.40. The third-order valence-electron chi connectivity index (χ3n) is 3.86. The number of anilines is 1. The molecule has 0 spiro atoms. The van der Waals surface area contributed by atoms with E-state index < -0.39 is 23.1 Å². The molecule has 3 rings (SSSR count). The van der Waals surface area contributed by atoms with Gasteiger partial charge in [0, 0.05) is 25.5 Å². The van der Waals surface area contributed by atoms with Crippen molar-refractivity contribution >= 4 is 23.5 Å². The molecule has 0 fully saturated rings. The van der Waals surface area contributed by atoms with E-state index in [9.17, 15) is 18.4 Å². The lowest BCUT2D eigenvalue weighted by Crippen LogP contribution is -2.33. The van der Waals surface area contributed by atoms with Crippen molar-refractivity contribution in [2.75, 3.05) is 11.1 Å². The smallest absolute Gasteiger partial charge is 0.279 e. The summed E-state index contributed by atoms with van der Waals surface area (Å²) in [7, 11) is 1.69. The summed E-state index contributed by atoms with van der Waals surface area (Å²) in [4.78, 5) is 28.6. The molecule has 0 saturated heterocycles. The van der Waals surface area contributed by atoms with Crippen LogP contribution in [0.15, 0.2) is 28.2 Å². The summed E-state index contributed by atoms with van der Waals surface area (Å²) in [6.45, 7) is 1.92. The van der Waals surface area contributed by atoms with E-state index in [1.165, 1.54) is 11.8 Å². The van der Waals surface area contributed by atoms with Gasteiger partial charge in [-0.1, -0.05) is 18.7 Å². The Kier molecular flexibility index (Phi) is 4.40. The van der Waals surface area contributed by atoms with Crippen molar-refractivity contribution in [1.82, 2.24) is 9.55 Å². The van der Waals surface area contributed by atoms with Crippen LogP contribution in [0, 0.1) is 11.6 Å². The zero-order chi connectivity index (χ0) is 17.4. The number of carbonyl (C=O) groups is 1. The summed E-state index contributed by atoms with van der Waals surface area (Å²) in [6.07, 6.45) is -0.0624. The predicted octanol–water partition coefficient (Wildman–Crippen LogP) is 2.64. The van der Waals surface area contributed by atoms with Crippen LogP contribution in [-0.2, 0) is 11.8 Å². The third kappa shape index (κ3) is 2.93. The van der Waals surface area contributed by atoms with Gasteiger partial charge in [-0.25, -0.2) is 8.78 Å². The second-order valence-electron chi connectivity index (χ2n) is 5.46. The topological polar surface area (TPSA) is 64.0 Å². The molecule has 126 valence electrons. The number of amides is 1. The van der Waals surface area contributed by atoms with Crippen LogP contribution in [0.2, 0.25) is 0 Å². The number of halogens is 2. The first-order chi connectivity index (χ1) is 11.4. The Morgan fingerprint density at radius 1 is 1.29 bits per heavy atom. The number of rotatable bonds is 3. The highest BCUT2D eigenvalue weighted by atomic mass is 32.2. The van der Waals surface area contributed by atoms with Crippen LogP contribution in [0.1, 0.15) is 30.4 Å². The lowest BCUT2D eigenvalue weighted by atomic mass is 9.86. The van der Waals surface area contributed by atoms with E-state index in [0.29, 0.717) is 16.7 Å². The first kappa shape index (κ1) is 16.6. The van der Waals surface area contributed by atoms with Gasteiger partial charge in [-0.15, -0.1) is 0 Å². The molecule has 1 N–H and O–H groups in total. The van der Waals surface area contributed by atoms with Crippen LogP contribution in [0.3, 0.4) is 0 Å². The fourth-order valence-electron chi connectivity index (χ4n) is 2.85. The van der Waals surface area contributed by atoms with Crippen LogP contribution < -0.4 is 10.9 Å². The molecule has 1 aromatic carbocycles. The molecule has 5 nitrogen and oxygen atoms in total. The van der Waals surface area contributed by atoms with Crippen molar-refractivity contribution in [3.05, 3.63) is 51.3 Å². The molecule has 1 aliphatic heterocycles. The van der Waals surface area contributed by atoms with Gasteiger partial charge >= 0.3 is 0 Å². The molecule has 1 amide bonds. The number of carbonyl (C=O) groups excluding carboxylic acids is 1. The molecule has 0 aliphatic carbocycles. The minimum Gasteiger partial charge on any atom is -0.312 e. The average molecular weight is 351 g/mol. The molecule has 1 atom stereocenters. The SMILES string of the molecule is CCSc1nc(=O)c2c(n1C)NC(=O)C[C@@H]2c1cc(F)cc(F)c1. The number of nitrogens with one attached hydrogen (secondary N) is 1. The molecular weight excluding hydrogens is 336 g/mol. The number of hydrogen-bond donors (Lipinski definition) is 1. The van der Waals surface area contributed by atoms with Gasteiger partial charge in [0.1, 0.15) is 17.5 Å². The van der Waals surface area contributed by atoms with E-state index in [1.807, 2.05) is 6.92 Å². The number of aromatic nitrogens is 2. The highest BCUT2D eigenvalue weighted by Gasteiger charge is 2.32. The largest absolute Gasteiger partial charge is 0.312 e. The summed E-state index contributed by atoms with van der Waals surface area (Å²) < 4.78 is 28.7. The second-order valence-corrected chi connectivity index (χ2v) is 6.69. The maximum Gasteiger partial charge on any atom is 0.279 e. The van der Waals surface area contributed by atoms with Gasteiger partial charge in [0.05, 0.1) is 5.56 Å². The Hall–Kier alpha value is -2.22. The zero-order valence-electron chi connectivity index (χ0n) is 13.1. The van der Waals surface area contributed by atoms with Crippen LogP contribution in [-0.4, -0.2) is 21.2 Å². The average Bonchev–Trinajstić information content (AvgIpc) is 2.50. The quantitative estimate of drug-likeness (QED) is 0.682. The number of thioether (sulfide) groups is 1. The molecule has 0 saturated carbocycles. The molecular formula is C16H15F2N3O2S. The monoisotopic (exact) mass is 351 g/mol. The maximum atomic E-state index is 13.6. The predicted molar refractivity (Wildman–Crippen MR) is 87.3 cm³/mol. The third-order valence-corrected chi connectivity index (χ3v) is 4.77. The fourth-order valence-corrected chi connectivity index (χ4v) is 3.55. The summed E-state index contributed by atoms with van der Waals surface area (Å²) in [6, 6.07) is 3.04. The molecule has 2 aromatic rings. The van der Waals surface area contributed by atoms with Crippen molar-refractivity contribution < 1.29 is 13.6 Å². The Morgan fingerprint density at radius 3 is 2.58 bits per heavy atom. The summed E-state index contributed by atoms with van der Waals surface area (Å²) >= 11 is 1.37. The molecule has 0 radical (unpaired) electrons. The van der Waals surface area contributed by atoms with E-state index in [-0.39, 0.29) is 23.5 Å². The Bertz CT molecular complexity index is 862. The molecule has 1 aromatic heterocycles. The molecule has 1 aliphatic rings. The highest BCUT2D eigenvalue weighted by Crippen LogP contribution is 2.36. The van der Waals surface area contributed by atoms with Gasteiger partial charge in [-0.05, 0) is 23.4 Å². The van der Waals surface area contributed by atoms with E-state index in [4.69, 9.17) is 0 Å². The maximum absolute atomic E-state index is 13.6. The Balaban J connectivity index is 2.21. The van der Waals surface area contributed by atoms with Crippen molar-refractivity contribution in [2.24, 2.45) is 7.05 Å². The van der Waals surface area contributed by atoms with Gasteiger partial charge < -0.3 is 9.88 Å². The van der Waals surface area contributed by atoms with E-state index in [0.717, 1.165) is 18.2 Å². The van der Waals surface area contributed by atoms with Gasteiger partial charge in [-0.3, -0.25) is 9.59 Å². The number of nitrogens with zero attached hydrogens (tertiary/aromatic N) is 2. The zero-order valence-corrected chi connectivity index (χ0v) is 13.9. The number of fused-ring (bicyclic) bond motifs is 1. The molecule has 2 heterocycles. The Labute approximate surface area is 141 Å². The minimum atomic E-state index is -0.750. The van der Waals surface area contributed by atoms with Crippen LogP contribution in [0.4, 0.5) is 14.6 Å². The lowest BCUT2D eigenvalue weighted by molar-refractivity contribution is -0.116. The standard InChI is InChI=1S/C16H15F2N3O2S/c1-3-24-16-20-15(23)13-11(7-12(22)19-14(13)21(16)2)8-4-9(17)6-10(18)5-8/h4-6,11H,3,7H2,1-2H3,(H,19,22)/t11-/m1/s1. The second kappa shape index (κ2) is 6.35. The summed E-state index contributed by atoms with van der Waals surface area (Å²) in [5, 5.41) is 3.16. The van der Waals surface area contributed by atoms with Gasteiger partial charge in [0.15, 0.2) is 5.16 Å². The molecule has 8 heteroatoms. The van der Waals surface area contributed by atoms with E-state index >= 15 is 0 Å². The molecule has 0 unspecified atom stereocenters. The summed E-state index contributed by atoms with van der Waals surface area (Å²) in [5.74, 6) is -1.50. The van der Waals surface area contributed by atoms with E-state index in [2.05, 4.69) is 10.3 Å². The van der Waals surface area contributed by atoms with Crippen molar-refractivity contribution in [3.63, 3.8) is 0 Å². The highest BCUT2D eigenvalue weighted by molar-refractivity contribution is 7.99. The number of hydrogen-bond acceptors (Lipinski definition) is 4. The fraction of sp³-hybridized carbons (Fsp3) is 0.312. The molecule has 0 bridgehead atoms.